The Balaban J connectivity index is 2.46. The van der Waals surface area contributed by atoms with Gasteiger partial charge in [0.2, 0.25) is 0 Å². The van der Waals surface area contributed by atoms with Gasteiger partial charge in [0.05, 0.1) is 12.1 Å². The van der Waals surface area contributed by atoms with E-state index >= 15 is 0 Å². The van der Waals surface area contributed by atoms with Crippen molar-refractivity contribution in [1.82, 2.24) is 15.0 Å². The van der Waals surface area contributed by atoms with Crippen molar-refractivity contribution in [2.75, 3.05) is 0 Å². The Hall–Kier alpha value is -1.69. The zero-order valence-corrected chi connectivity index (χ0v) is 9.70. The van der Waals surface area contributed by atoms with Gasteiger partial charge in [0.25, 0.3) is 6.43 Å². The van der Waals surface area contributed by atoms with Crippen LogP contribution in [0.5, 0.6) is 0 Å². The summed E-state index contributed by atoms with van der Waals surface area (Å²) in [5.41, 5.74) is -0.0434. The molecule has 0 spiro atoms. The minimum Gasteiger partial charge on any atom is -0.250 e. The van der Waals surface area contributed by atoms with Crippen LogP contribution in [0.15, 0.2) is 24.5 Å². The van der Waals surface area contributed by atoms with Gasteiger partial charge in [-0.2, -0.15) is 0 Å². The lowest BCUT2D eigenvalue weighted by Gasteiger charge is -2.06. The van der Waals surface area contributed by atoms with Crippen molar-refractivity contribution in [2.24, 2.45) is 0 Å². The van der Waals surface area contributed by atoms with E-state index in [-0.39, 0.29) is 23.0 Å². The Labute approximate surface area is 106 Å². The molecule has 0 saturated heterocycles. The highest BCUT2D eigenvalue weighted by atomic mass is 35.5. The van der Waals surface area contributed by atoms with E-state index < -0.39 is 17.9 Å². The van der Waals surface area contributed by atoms with Gasteiger partial charge in [0.1, 0.15) is 17.2 Å². The second-order valence-corrected chi connectivity index (χ2v) is 3.67. The lowest BCUT2D eigenvalue weighted by Crippen LogP contribution is -2.02. The molecular formula is C11H7ClF3N3. The fourth-order valence-corrected chi connectivity index (χ4v) is 1.55. The van der Waals surface area contributed by atoms with Crippen molar-refractivity contribution in [3.63, 3.8) is 0 Å². The molecule has 0 fully saturated rings. The number of hydrogen-bond acceptors (Lipinski definition) is 3. The predicted octanol–water partition coefficient (Wildman–Crippen LogP) is 3.35. The van der Waals surface area contributed by atoms with Crippen LogP contribution in [0.1, 0.15) is 17.7 Å². The smallest absolute Gasteiger partial charge is 0.250 e. The zero-order valence-electron chi connectivity index (χ0n) is 8.95. The highest BCUT2D eigenvalue weighted by Gasteiger charge is 2.17. The molecule has 0 aliphatic heterocycles. The highest BCUT2D eigenvalue weighted by molar-refractivity contribution is 6.17. The standard InChI is InChI=1S/C11H7ClF3N3/c12-3-6-4-17-11(18-9(6)10(14)15)8-2-1-7(13)5-16-8/h1-2,4-5,10H,3H2. The van der Waals surface area contributed by atoms with Gasteiger partial charge in [-0.1, -0.05) is 0 Å². The van der Waals surface area contributed by atoms with Crippen LogP contribution in [0.3, 0.4) is 0 Å². The van der Waals surface area contributed by atoms with Crippen molar-refractivity contribution in [3.05, 3.63) is 41.6 Å². The third kappa shape index (κ3) is 2.59. The second-order valence-electron chi connectivity index (χ2n) is 3.40. The molecule has 0 radical (unpaired) electrons. The van der Waals surface area contributed by atoms with Crippen molar-refractivity contribution >= 4 is 11.6 Å². The van der Waals surface area contributed by atoms with Crippen LogP contribution in [0, 0.1) is 5.82 Å². The van der Waals surface area contributed by atoms with Gasteiger partial charge in [0, 0.05) is 11.8 Å². The van der Waals surface area contributed by atoms with Gasteiger partial charge in [-0.25, -0.2) is 28.1 Å². The summed E-state index contributed by atoms with van der Waals surface area (Å²) in [6, 6.07) is 2.48. The van der Waals surface area contributed by atoms with Crippen LogP contribution >= 0.6 is 11.6 Å². The lowest BCUT2D eigenvalue weighted by atomic mass is 10.2. The first-order valence-electron chi connectivity index (χ1n) is 4.93. The summed E-state index contributed by atoms with van der Waals surface area (Å²) in [4.78, 5) is 11.3. The van der Waals surface area contributed by atoms with E-state index in [1.54, 1.807) is 0 Å². The van der Waals surface area contributed by atoms with Crippen molar-refractivity contribution in [3.8, 4) is 11.5 Å². The maximum Gasteiger partial charge on any atom is 0.280 e. The number of hydrogen-bond donors (Lipinski definition) is 0. The monoisotopic (exact) mass is 273 g/mol. The first-order valence-corrected chi connectivity index (χ1v) is 5.47. The van der Waals surface area contributed by atoms with E-state index in [0.29, 0.717) is 0 Å². The average molecular weight is 274 g/mol. The van der Waals surface area contributed by atoms with Crippen molar-refractivity contribution in [2.45, 2.75) is 12.3 Å². The topological polar surface area (TPSA) is 38.7 Å². The van der Waals surface area contributed by atoms with Gasteiger partial charge in [-0.05, 0) is 12.1 Å². The number of halogens is 4. The Morgan fingerprint density at radius 2 is 1.94 bits per heavy atom. The zero-order chi connectivity index (χ0) is 13.1. The SMILES string of the molecule is Fc1ccc(-c2ncc(CCl)c(C(F)F)n2)nc1. The molecule has 0 saturated carbocycles. The number of rotatable bonds is 3. The molecule has 2 aromatic heterocycles. The molecule has 0 N–H and O–H groups in total. The Morgan fingerprint density at radius 3 is 2.50 bits per heavy atom. The molecule has 0 amide bonds. The molecule has 7 heteroatoms. The first-order chi connectivity index (χ1) is 8.61. The highest BCUT2D eigenvalue weighted by Crippen LogP contribution is 2.24. The summed E-state index contributed by atoms with van der Waals surface area (Å²) in [5, 5.41) is 0. The minimum absolute atomic E-state index is 0.0131. The third-order valence-corrected chi connectivity index (χ3v) is 2.49. The van der Waals surface area contributed by atoms with Gasteiger partial charge in [-0.3, -0.25) is 0 Å². The number of aromatic nitrogens is 3. The minimum atomic E-state index is -2.75. The molecule has 0 aliphatic rings. The molecular weight excluding hydrogens is 267 g/mol. The van der Waals surface area contributed by atoms with E-state index in [9.17, 15) is 13.2 Å². The Morgan fingerprint density at radius 1 is 1.17 bits per heavy atom. The largest absolute Gasteiger partial charge is 0.280 e. The molecule has 2 aromatic rings. The third-order valence-electron chi connectivity index (χ3n) is 2.21. The van der Waals surface area contributed by atoms with Gasteiger partial charge in [0.15, 0.2) is 5.82 Å². The lowest BCUT2D eigenvalue weighted by molar-refractivity contribution is 0.145. The summed E-state index contributed by atoms with van der Waals surface area (Å²) in [5.74, 6) is -0.610. The Bertz CT molecular complexity index is 546. The van der Waals surface area contributed by atoms with Crippen molar-refractivity contribution < 1.29 is 13.2 Å². The molecule has 2 rings (SSSR count). The molecule has 3 nitrogen and oxygen atoms in total. The van der Waals surface area contributed by atoms with Gasteiger partial charge >= 0.3 is 0 Å². The van der Waals surface area contributed by atoms with Crippen LogP contribution in [-0.4, -0.2) is 15.0 Å². The van der Waals surface area contributed by atoms with E-state index in [0.717, 1.165) is 12.3 Å². The Kier molecular flexibility index (Phi) is 3.76. The number of pyridine rings is 1. The fourth-order valence-electron chi connectivity index (χ4n) is 1.34. The van der Waals surface area contributed by atoms with Crippen LogP contribution in [-0.2, 0) is 5.88 Å². The van der Waals surface area contributed by atoms with Crippen molar-refractivity contribution in [1.29, 1.82) is 0 Å². The van der Waals surface area contributed by atoms with E-state index in [4.69, 9.17) is 11.6 Å². The van der Waals surface area contributed by atoms with Crippen LogP contribution < -0.4 is 0 Å². The summed E-state index contributed by atoms with van der Waals surface area (Å²) in [6.07, 6.45) is -0.557. The fraction of sp³-hybridized carbons (Fsp3) is 0.182. The molecule has 18 heavy (non-hydrogen) atoms. The van der Waals surface area contributed by atoms with Crippen LogP contribution in [0.2, 0.25) is 0 Å². The molecule has 94 valence electrons. The molecule has 0 bridgehead atoms. The molecule has 0 aromatic carbocycles. The predicted molar refractivity (Wildman–Crippen MR) is 59.7 cm³/mol. The quantitative estimate of drug-likeness (QED) is 0.805. The maximum atomic E-state index is 12.7. The number of nitrogens with zero attached hydrogens (tertiary/aromatic N) is 3. The van der Waals surface area contributed by atoms with E-state index in [1.807, 2.05) is 0 Å². The van der Waals surface area contributed by atoms with Gasteiger partial charge < -0.3 is 0 Å². The maximum absolute atomic E-state index is 12.7. The van der Waals surface area contributed by atoms with Gasteiger partial charge in [-0.15, -0.1) is 11.6 Å². The van der Waals surface area contributed by atoms with Crippen LogP contribution in [0.4, 0.5) is 13.2 Å². The molecule has 0 unspecified atom stereocenters. The summed E-state index contributed by atoms with van der Waals surface area (Å²) >= 11 is 5.52. The summed E-state index contributed by atoms with van der Waals surface area (Å²) < 4.78 is 38.2. The second kappa shape index (κ2) is 5.30. The summed E-state index contributed by atoms with van der Waals surface area (Å²) in [7, 11) is 0. The van der Waals surface area contributed by atoms with Crippen LogP contribution in [0.25, 0.3) is 11.5 Å². The molecule has 0 aliphatic carbocycles. The normalized spacial score (nSPS) is 10.9. The number of alkyl halides is 3. The van der Waals surface area contributed by atoms with E-state index in [1.165, 1.54) is 12.3 Å². The average Bonchev–Trinajstić information content (AvgIpc) is 2.39. The molecule has 0 atom stereocenters. The van der Waals surface area contributed by atoms with E-state index in [2.05, 4.69) is 15.0 Å². The first kappa shape index (κ1) is 12.8. The summed E-state index contributed by atoms with van der Waals surface area (Å²) in [6.45, 7) is 0. The molecule has 2 heterocycles.